The molecule has 2 aliphatic carbocycles. The maximum Gasteiger partial charge on any atom is 0.308 e. The van der Waals surface area contributed by atoms with Crippen LogP contribution in [0.15, 0.2) is 11.1 Å². The van der Waals surface area contributed by atoms with E-state index in [9.17, 15) is 39.9 Å². The van der Waals surface area contributed by atoms with E-state index in [1.807, 2.05) is 0 Å². The van der Waals surface area contributed by atoms with Crippen LogP contribution in [0.25, 0.3) is 0 Å². The van der Waals surface area contributed by atoms with Crippen molar-refractivity contribution >= 4 is 17.5 Å². The lowest BCUT2D eigenvalue weighted by Gasteiger charge is -2.54. The Balaban J connectivity index is 1.43. The van der Waals surface area contributed by atoms with Gasteiger partial charge in [0.1, 0.15) is 23.2 Å². The molecular formula is C29H34O13. The van der Waals surface area contributed by atoms with E-state index in [4.69, 9.17) is 18.9 Å². The first kappa shape index (κ1) is 29.2. The van der Waals surface area contributed by atoms with Gasteiger partial charge in [0.2, 0.25) is 0 Å². The Morgan fingerprint density at radius 3 is 2.31 bits per heavy atom. The van der Waals surface area contributed by atoms with Crippen molar-refractivity contribution in [3.8, 4) is 11.5 Å². The number of aliphatic hydroxyl groups is 3. The van der Waals surface area contributed by atoms with Gasteiger partial charge in [-0.15, -0.1) is 0 Å². The van der Waals surface area contributed by atoms with Gasteiger partial charge in [0.15, 0.2) is 17.9 Å². The standard InChI is InChI=1S/C29H34O13/c1-9-12(30)5-6-17(40-9)42-15-7-13-19-23(29(15,37)11(3)41-13)28(36)22-21(26(19)34)27(35)20-18(25(22)33)10(2)39-14(24(20)32)8-16(31)38-4/h9-15,17,24,30,32-33,35,37H,5-8H2,1-4H3/t9-,10+,11+,12+,13+,14+,15+,17-,24-,29-/m1/s1. The number of esters is 1. The highest BCUT2D eigenvalue weighted by atomic mass is 16.7. The number of aliphatic hydroxyl groups excluding tert-OH is 2. The third-order valence-electron chi connectivity index (χ3n) is 9.30. The molecule has 0 amide bonds. The summed E-state index contributed by atoms with van der Waals surface area (Å²) >= 11 is 0. The number of hydrogen-bond donors (Lipinski definition) is 5. The monoisotopic (exact) mass is 590 g/mol. The van der Waals surface area contributed by atoms with Crippen LogP contribution in [-0.2, 0) is 28.5 Å². The molecule has 7 rings (SSSR count). The zero-order chi connectivity index (χ0) is 30.4. The molecule has 1 aromatic carbocycles. The number of hydrogen-bond acceptors (Lipinski definition) is 13. The van der Waals surface area contributed by atoms with Gasteiger partial charge in [0.25, 0.3) is 0 Å². The van der Waals surface area contributed by atoms with Crippen molar-refractivity contribution in [1.82, 2.24) is 0 Å². The molecule has 2 fully saturated rings. The van der Waals surface area contributed by atoms with E-state index in [2.05, 4.69) is 4.74 Å². The van der Waals surface area contributed by atoms with Crippen LogP contribution < -0.4 is 0 Å². The Morgan fingerprint density at radius 1 is 0.976 bits per heavy atom. The van der Waals surface area contributed by atoms with E-state index >= 15 is 0 Å². The summed E-state index contributed by atoms with van der Waals surface area (Å²) in [6, 6.07) is 0. The first-order valence-corrected chi connectivity index (χ1v) is 14.0. The zero-order valence-electron chi connectivity index (χ0n) is 23.5. The summed E-state index contributed by atoms with van der Waals surface area (Å²) in [6.07, 6.45) is -8.36. The van der Waals surface area contributed by atoms with Crippen LogP contribution in [0.2, 0.25) is 0 Å². The number of ether oxygens (including phenoxy) is 5. The topological polar surface area (TPSA) is 199 Å². The van der Waals surface area contributed by atoms with Crippen molar-refractivity contribution in [2.45, 2.75) is 107 Å². The van der Waals surface area contributed by atoms with Gasteiger partial charge >= 0.3 is 5.97 Å². The number of rotatable bonds is 4. The maximum absolute atomic E-state index is 14.2. The molecule has 13 heteroatoms. The second-order valence-corrected chi connectivity index (χ2v) is 11.6. The van der Waals surface area contributed by atoms with Crippen molar-refractivity contribution in [1.29, 1.82) is 0 Å². The van der Waals surface area contributed by atoms with Crippen LogP contribution in [0.5, 0.6) is 11.5 Å². The van der Waals surface area contributed by atoms with Crippen molar-refractivity contribution in [2.24, 2.45) is 0 Å². The zero-order valence-corrected chi connectivity index (χ0v) is 23.5. The molecule has 0 saturated carbocycles. The van der Waals surface area contributed by atoms with Crippen molar-refractivity contribution in [3.63, 3.8) is 0 Å². The lowest BCUT2D eigenvalue weighted by molar-refractivity contribution is -0.291. The number of carbonyl (C=O) groups is 3. The smallest absolute Gasteiger partial charge is 0.308 e. The highest BCUT2D eigenvalue weighted by Gasteiger charge is 2.64. The molecular weight excluding hydrogens is 556 g/mol. The summed E-state index contributed by atoms with van der Waals surface area (Å²) in [5.41, 5.74) is -3.94. The third-order valence-corrected chi connectivity index (χ3v) is 9.30. The first-order valence-electron chi connectivity index (χ1n) is 14.0. The molecule has 13 nitrogen and oxygen atoms in total. The Labute approximate surface area is 240 Å². The Hall–Kier alpha value is -2.91. The summed E-state index contributed by atoms with van der Waals surface area (Å²) < 4.78 is 28.2. The fourth-order valence-electron chi connectivity index (χ4n) is 7.09. The van der Waals surface area contributed by atoms with Crippen LogP contribution in [0, 0.1) is 0 Å². The van der Waals surface area contributed by atoms with E-state index in [0.717, 1.165) is 0 Å². The quantitative estimate of drug-likeness (QED) is 0.246. The second kappa shape index (κ2) is 10.1. The summed E-state index contributed by atoms with van der Waals surface area (Å²) in [5.74, 6) is -3.82. The molecule has 5 N–H and O–H groups in total. The van der Waals surface area contributed by atoms with Gasteiger partial charge in [-0.05, 0) is 27.2 Å². The number of carbonyl (C=O) groups excluding carboxylic acids is 3. The van der Waals surface area contributed by atoms with Gasteiger partial charge in [0.05, 0.1) is 67.4 Å². The molecule has 2 saturated heterocycles. The molecule has 0 spiro atoms. The maximum atomic E-state index is 14.2. The lowest BCUT2D eigenvalue weighted by atomic mass is 9.63. The summed E-state index contributed by atoms with van der Waals surface area (Å²) in [7, 11) is 1.17. The molecule has 0 radical (unpaired) electrons. The van der Waals surface area contributed by atoms with Crippen LogP contribution in [0.4, 0.5) is 0 Å². The molecule has 0 aromatic heterocycles. The van der Waals surface area contributed by atoms with E-state index in [-0.39, 0.29) is 35.1 Å². The highest BCUT2D eigenvalue weighted by molar-refractivity contribution is 6.30. The molecule has 10 atom stereocenters. The number of benzene rings is 1. The molecule has 6 aliphatic rings. The molecule has 228 valence electrons. The number of aromatic hydroxyl groups is 2. The normalized spacial score (nSPS) is 39.1. The van der Waals surface area contributed by atoms with Gasteiger partial charge in [-0.25, -0.2) is 0 Å². The number of phenols is 2. The first-order chi connectivity index (χ1) is 19.8. The van der Waals surface area contributed by atoms with E-state index in [0.29, 0.717) is 12.8 Å². The largest absolute Gasteiger partial charge is 0.507 e. The fourth-order valence-corrected chi connectivity index (χ4v) is 7.09. The van der Waals surface area contributed by atoms with Crippen molar-refractivity contribution < 1.29 is 63.6 Å². The van der Waals surface area contributed by atoms with Gasteiger partial charge < -0.3 is 49.2 Å². The van der Waals surface area contributed by atoms with Crippen LogP contribution in [0.1, 0.15) is 90.5 Å². The lowest BCUT2D eigenvalue weighted by Crippen LogP contribution is -2.67. The number of phenolic OH excluding ortho intramolecular Hbond substituents is 2. The minimum atomic E-state index is -2.11. The predicted octanol–water partition coefficient (Wildman–Crippen LogP) is 1.02. The molecule has 42 heavy (non-hydrogen) atoms. The molecule has 4 heterocycles. The summed E-state index contributed by atoms with van der Waals surface area (Å²) in [4.78, 5) is 40.1. The van der Waals surface area contributed by atoms with Gasteiger partial charge in [-0.2, -0.15) is 0 Å². The Bertz CT molecular complexity index is 1400. The van der Waals surface area contributed by atoms with E-state index < -0.39 is 101 Å². The minimum Gasteiger partial charge on any atom is -0.507 e. The third kappa shape index (κ3) is 3.99. The number of Topliss-reactive ketones (excluding diaryl/α,β-unsaturated/α-hetero) is 2. The fraction of sp³-hybridized carbons (Fsp3) is 0.621. The molecule has 4 aliphatic heterocycles. The van der Waals surface area contributed by atoms with Crippen LogP contribution in [-0.4, -0.2) is 98.7 Å². The SMILES string of the molecule is COC(=O)C[C@@H]1O[C@@H](C)c2c(O)c3c(c(O)c2[C@@H]1O)C(=O)C1=C(C3=O)[C@@]2(O)[C@H](C)O[C@H]1C[C@@H]2O[C@@H]1CC[C@H](O)[C@@H](C)O1. The second-order valence-electron chi connectivity index (χ2n) is 11.6. The number of fused-ring (bicyclic) bond motifs is 4. The van der Waals surface area contributed by atoms with Crippen molar-refractivity contribution in [3.05, 3.63) is 33.4 Å². The Morgan fingerprint density at radius 2 is 1.64 bits per heavy atom. The molecule has 2 bridgehead atoms. The molecule has 1 aromatic rings. The summed E-state index contributed by atoms with van der Waals surface area (Å²) in [5, 5.41) is 56.0. The highest BCUT2D eigenvalue weighted by Crippen LogP contribution is 2.56. The average Bonchev–Trinajstić information content (AvgIpc) is 2.93. The van der Waals surface area contributed by atoms with E-state index in [1.54, 1.807) is 13.8 Å². The number of ketones is 2. The van der Waals surface area contributed by atoms with Crippen LogP contribution in [0.3, 0.4) is 0 Å². The van der Waals surface area contributed by atoms with Gasteiger partial charge in [0, 0.05) is 35.1 Å². The van der Waals surface area contributed by atoms with Gasteiger partial charge in [-0.1, -0.05) is 0 Å². The minimum absolute atomic E-state index is 0.00277. The molecule has 0 unspecified atom stereocenters. The number of methoxy groups -OCH3 is 1. The average molecular weight is 591 g/mol. The van der Waals surface area contributed by atoms with Gasteiger partial charge in [-0.3, -0.25) is 14.4 Å². The van der Waals surface area contributed by atoms with Crippen molar-refractivity contribution in [2.75, 3.05) is 7.11 Å². The predicted molar refractivity (Wildman–Crippen MR) is 139 cm³/mol. The van der Waals surface area contributed by atoms with Crippen LogP contribution >= 0.6 is 0 Å². The Kier molecular flexibility index (Phi) is 7.00. The summed E-state index contributed by atoms with van der Waals surface area (Å²) in [6.45, 7) is 4.74. The van der Waals surface area contributed by atoms with E-state index in [1.165, 1.54) is 14.0 Å².